The molecule has 4 N–H and O–H groups in total. The van der Waals surface area contributed by atoms with E-state index in [1.807, 2.05) is 0 Å². The maximum atomic E-state index is 13.0. The van der Waals surface area contributed by atoms with Crippen LogP contribution in [0.1, 0.15) is 44.6 Å². The fourth-order valence-corrected chi connectivity index (χ4v) is 3.15. The Kier molecular flexibility index (Phi) is 7.99. The van der Waals surface area contributed by atoms with E-state index in [-0.39, 0.29) is 18.5 Å². The van der Waals surface area contributed by atoms with Gasteiger partial charge in [0.2, 0.25) is 11.7 Å². The minimum atomic E-state index is -1.08. The molecule has 0 saturated carbocycles. The SMILES string of the molecule is COc1ccc([C@@H](NC(=O)c2cnc(C(=O)NCCC(=O)O)nc2O)c2ccc(Cl)cc2)cc1. The van der Waals surface area contributed by atoms with Crippen molar-refractivity contribution in [3.63, 3.8) is 0 Å². The van der Waals surface area contributed by atoms with Gasteiger partial charge in [-0.2, -0.15) is 4.98 Å². The van der Waals surface area contributed by atoms with Gasteiger partial charge in [-0.05, 0) is 35.4 Å². The number of carboxylic acid groups (broad SMARTS) is 1. The number of halogens is 1. The molecule has 0 saturated heterocycles. The van der Waals surface area contributed by atoms with Gasteiger partial charge >= 0.3 is 5.97 Å². The molecule has 0 aliphatic carbocycles. The molecule has 176 valence electrons. The van der Waals surface area contributed by atoms with Gasteiger partial charge in [-0.3, -0.25) is 14.4 Å². The van der Waals surface area contributed by atoms with E-state index in [0.717, 1.165) is 17.3 Å². The topological polar surface area (TPSA) is 151 Å². The van der Waals surface area contributed by atoms with Gasteiger partial charge in [-0.1, -0.05) is 35.9 Å². The average molecular weight is 485 g/mol. The minimum absolute atomic E-state index is 0.134. The maximum absolute atomic E-state index is 13.0. The highest BCUT2D eigenvalue weighted by atomic mass is 35.5. The lowest BCUT2D eigenvalue weighted by molar-refractivity contribution is -0.136. The number of aromatic nitrogens is 2. The number of benzene rings is 2. The number of carbonyl (C=O) groups excluding carboxylic acids is 2. The predicted molar refractivity (Wildman–Crippen MR) is 122 cm³/mol. The number of hydrogen-bond donors (Lipinski definition) is 4. The van der Waals surface area contributed by atoms with Crippen LogP contribution in [0.25, 0.3) is 0 Å². The first-order valence-electron chi connectivity index (χ1n) is 10.0. The van der Waals surface area contributed by atoms with Crippen LogP contribution in [0.15, 0.2) is 54.7 Å². The highest BCUT2D eigenvalue weighted by Gasteiger charge is 2.22. The Balaban J connectivity index is 1.82. The van der Waals surface area contributed by atoms with Crippen LogP contribution in [0, 0.1) is 0 Å². The fourth-order valence-electron chi connectivity index (χ4n) is 3.02. The number of carbonyl (C=O) groups is 3. The van der Waals surface area contributed by atoms with Crippen LogP contribution in [0.2, 0.25) is 5.02 Å². The summed E-state index contributed by atoms with van der Waals surface area (Å²) in [6.07, 6.45) is 0.742. The molecular formula is C23H21ClN4O6. The largest absolute Gasteiger partial charge is 0.497 e. The van der Waals surface area contributed by atoms with Gasteiger partial charge in [0.1, 0.15) is 11.3 Å². The monoisotopic (exact) mass is 484 g/mol. The Bertz CT molecular complexity index is 1190. The van der Waals surface area contributed by atoms with Crippen LogP contribution in [-0.2, 0) is 4.79 Å². The van der Waals surface area contributed by atoms with Crippen molar-refractivity contribution in [1.82, 2.24) is 20.6 Å². The molecule has 1 atom stereocenters. The van der Waals surface area contributed by atoms with Crippen LogP contribution >= 0.6 is 11.6 Å². The first-order valence-corrected chi connectivity index (χ1v) is 10.4. The normalized spacial score (nSPS) is 11.4. The number of nitrogens with zero attached hydrogens (tertiary/aromatic N) is 2. The van der Waals surface area contributed by atoms with Crippen LogP contribution in [-0.4, -0.2) is 51.6 Å². The number of ether oxygens (including phenoxy) is 1. The molecule has 10 nitrogen and oxygen atoms in total. The molecule has 0 fully saturated rings. The number of methoxy groups -OCH3 is 1. The molecule has 0 aliphatic heterocycles. The highest BCUT2D eigenvalue weighted by molar-refractivity contribution is 6.30. The lowest BCUT2D eigenvalue weighted by Crippen LogP contribution is -2.31. The van der Waals surface area contributed by atoms with Crippen molar-refractivity contribution in [2.75, 3.05) is 13.7 Å². The van der Waals surface area contributed by atoms with Gasteiger partial charge in [0.05, 0.1) is 19.6 Å². The van der Waals surface area contributed by atoms with Gasteiger partial charge in [0.25, 0.3) is 11.8 Å². The molecule has 0 bridgehead atoms. The summed E-state index contributed by atoms with van der Waals surface area (Å²) in [7, 11) is 1.55. The molecule has 1 heterocycles. The number of amides is 2. The highest BCUT2D eigenvalue weighted by Crippen LogP contribution is 2.26. The second kappa shape index (κ2) is 11.1. The zero-order chi connectivity index (χ0) is 24.7. The van der Waals surface area contributed by atoms with Gasteiger partial charge in [-0.25, -0.2) is 4.98 Å². The summed E-state index contributed by atoms with van der Waals surface area (Å²) in [5, 5.41) is 24.6. The van der Waals surface area contributed by atoms with Gasteiger partial charge in [0.15, 0.2) is 0 Å². The molecule has 0 aliphatic rings. The summed E-state index contributed by atoms with van der Waals surface area (Å²) >= 11 is 6.00. The van der Waals surface area contributed by atoms with Crippen LogP contribution in [0.4, 0.5) is 0 Å². The van der Waals surface area contributed by atoms with Crippen molar-refractivity contribution >= 4 is 29.4 Å². The molecule has 3 aromatic rings. The summed E-state index contributed by atoms with van der Waals surface area (Å²) in [5.74, 6) is -2.98. The quantitative estimate of drug-likeness (QED) is 0.362. The smallest absolute Gasteiger partial charge is 0.305 e. The number of carboxylic acids is 1. The van der Waals surface area contributed by atoms with Gasteiger partial charge < -0.3 is 25.6 Å². The molecule has 11 heteroatoms. The van der Waals surface area contributed by atoms with E-state index >= 15 is 0 Å². The van der Waals surface area contributed by atoms with E-state index in [9.17, 15) is 19.5 Å². The lowest BCUT2D eigenvalue weighted by Gasteiger charge is -2.20. The Morgan fingerprint density at radius 3 is 2.21 bits per heavy atom. The first-order chi connectivity index (χ1) is 16.3. The Hall–Kier alpha value is -4.18. The molecular weight excluding hydrogens is 464 g/mol. The molecule has 0 spiro atoms. The number of nitrogens with one attached hydrogen (secondary N) is 2. The third-order valence-electron chi connectivity index (χ3n) is 4.77. The number of aliphatic carboxylic acids is 1. The Morgan fingerprint density at radius 1 is 1.03 bits per heavy atom. The first kappa shape index (κ1) is 24.5. The third-order valence-corrected chi connectivity index (χ3v) is 5.02. The second-order valence-corrected chi connectivity index (χ2v) is 7.50. The standard InChI is InChI=1S/C23H21ClN4O6/c1-34-16-8-4-14(5-9-16)19(13-2-6-15(24)7-3-13)27-21(31)17-12-26-20(28-22(17)32)23(33)25-11-10-18(29)30/h2-9,12,19H,10-11H2,1H3,(H,25,33)(H,27,31)(H,29,30)(H,26,28,32)/t19-/m0/s1. The third kappa shape index (κ3) is 6.20. The van der Waals surface area contributed by atoms with E-state index in [0.29, 0.717) is 10.8 Å². The van der Waals surface area contributed by atoms with Crippen LogP contribution in [0.5, 0.6) is 11.6 Å². The van der Waals surface area contributed by atoms with E-state index < -0.39 is 35.5 Å². The van der Waals surface area contributed by atoms with Crippen molar-refractivity contribution < 1.29 is 29.3 Å². The molecule has 0 radical (unpaired) electrons. The predicted octanol–water partition coefficient (Wildman–Crippen LogP) is 2.57. The summed E-state index contributed by atoms with van der Waals surface area (Å²) in [6, 6.07) is 13.4. The molecule has 2 aromatic carbocycles. The van der Waals surface area contributed by atoms with Crippen molar-refractivity contribution in [2.45, 2.75) is 12.5 Å². The Morgan fingerprint density at radius 2 is 1.65 bits per heavy atom. The fraction of sp³-hybridized carbons (Fsp3) is 0.174. The van der Waals surface area contributed by atoms with Crippen molar-refractivity contribution in [2.24, 2.45) is 0 Å². The zero-order valence-electron chi connectivity index (χ0n) is 18.0. The molecule has 0 unspecified atom stereocenters. The summed E-state index contributed by atoms with van der Waals surface area (Å²) in [5.41, 5.74) is 1.23. The average Bonchev–Trinajstić information content (AvgIpc) is 2.82. The Labute approximate surface area is 199 Å². The van der Waals surface area contributed by atoms with Crippen molar-refractivity contribution in [3.8, 4) is 11.6 Å². The number of aromatic hydroxyl groups is 1. The maximum Gasteiger partial charge on any atom is 0.305 e. The van der Waals surface area contributed by atoms with Crippen LogP contribution in [0.3, 0.4) is 0 Å². The molecule has 2 amide bonds. The number of hydrogen-bond acceptors (Lipinski definition) is 7. The van der Waals surface area contributed by atoms with Crippen LogP contribution < -0.4 is 15.4 Å². The summed E-state index contributed by atoms with van der Waals surface area (Å²) in [6.45, 7) is -0.134. The van der Waals surface area contributed by atoms with E-state index in [1.54, 1.807) is 55.6 Å². The van der Waals surface area contributed by atoms with Crippen molar-refractivity contribution in [3.05, 3.63) is 82.3 Å². The lowest BCUT2D eigenvalue weighted by atomic mass is 9.98. The number of rotatable bonds is 9. The molecule has 34 heavy (non-hydrogen) atoms. The zero-order valence-corrected chi connectivity index (χ0v) is 18.7. The minimum Gasteiger partial charge on any atom is -0.497 e. The molecule has 3 rings (SSSR count). The summed E-state index contributed by atoms with van der Waals surface area (Å²) < 4.78 is 5.19. The van der Waals surface area contributed by atoms with E-state index in [4.69, 9.17) is 21.4 Å². The van der Waals surface area contributed by atoms with E-state index in [2.05, 4.69) is 20.6 Å². The summed E-state index contributed by atoms with van der Waals surface area (Å²) in [4.78, 5) is 43.0. The van der Waals surface area contributed by atoms with Crippen molar-refractivity contribution in [1.29, 1.82) is 0 Å². The molecule has 1 aromatic heterocycles. The van der Waals surface area contributed by atoms with Gasteiger partial charge in [-0.15, -0.1) is 0 Å². The second-order valence-electron chi connectivity index (χ2n) is 7.06. The van der Waals surface area contributed by atoms with E-state index in [1.165, 1.54) is 0 Å². The van der Waals surface area contributed by atoms with Gasteiger partial charge in [0, 0.05) is 17.8 Å².